The smallest absolute Gasteiger partial charge is 0.260 e. The van der Waals surface area contributed by atoms with Crippen molar-refractivity contribution in [2.75, 3.05) is 33.9 Å². The third-order valence-electron chi connectivity index (χ3n) is 5.41. The SMILES string of the molecule is COc1ccc(CCC(=O)NC2CCN(C(=O)COc3ccccc3)CC2)cc1OC. The van der Waals surface area contributed by atoms with Crippen LogP contribution in [0, 0.1) is 0 Å². The van der Waals surface area contributed by atoms with E-state index in [4.69, 9.17) is 14.2 Å². The molecule has 7 nitrogen and oxygen atoms in total. The Morgan fingerprint density at radius 3 is 2.39 bits per heavy atom. The number of likely N-dealkylation sites (tertiary alicyclic amines) is 1. The molecular weight excluding hydrogens is 396 g/mol. The number of amides is 2. The number of hydrogen-bond acceptors (Lipinski definition) is 5. The Bertz CT molecular complexity index is 864. The summed E-state index contributed by atoms with van der Waals surface area (Å²) in [7, 11) is 3.19. The van der Waals surface area contributed by atoms with Crippen molar-refractivity contribution < 1.29 is 23.8 Å². The predicted octanol–water partition coefficient (Wildman–Crippen LogP) is 2.82. The molecule has 1 aliphatic rings. The Balaban J connectivity index is 1.37. The number of carbonyl (C=O) groups is 2. The lowest BCUT2D eigenvalue weighted by molar-refractivity contribution is -0.134. The van der Waals surface area contributed by atoms with Crippen molar-refractivity contribution >= 4 is 11.8 Å². The number of aryl methyl sites for hydroxylation is 1. The molecule has 0 aromatic heterocycles. The van der Waals surface area contributed by atoms with Gasteiger partial charge in [-0.05, 0) is 49.1 Å². The lowest BCUT2D eigenvalue weighted by atomic mass is 10.0. The van der Waals surface area contributed by atoms with Crippen LogP contribution in [0.15, 0.2) is 48.5 Å². The van der Waals surface area contributed by atoms with Crippen molar-refractivity contribution in [3.63, 3.8) is 0 Å². The van der Waals surface area contributed by atoms with Crippen LogP contribution in [0.1, 0.15) is 24.8 Å². The van der Waals surface area contributed by atoms with Gasteiger partial charge >= 0.3 is 0 Å². The first-order chi connectivity index (χ1) is 15.1. The van der Waals surface area contributed by atoms with Crippen LogP contribution >= 0.6 is 0 Å². The van der Waals surface area contributed by atoms with Gasteiger partial charge in [0, 0.05) is 25.6 Å². The van der Waals surface area contributed by atoms with Crippen LogP contribution in [-0.2, 0) is 16.0 Å². The van der Waals surface area contributed by atoms with Crippen molar-refractivity contribution in [1.82, 2.24) is 10.2 Å². The minimum absolute atomic E-state index is 0.0203. The number of ether oxygens (including phenoxy) is 3. The third-order valence-corrected chi connectivity index (χ3v) is 5.41. The van der Waals surface area contributed by atoms with Crippen molar-refractivity contribution in [1.29, 1.82) is 0 Å². The lowest BCUT2D eigenvalue weighted by Crippen LogP contribution is -2.47. The molecule has 0 spiro atoms. The number of nitrogens with zero attached hydrogens (tertiary/aromatic N) is 1. The fourth-order valence-corrected chi connectivity index (χ4v) is 3.62. The monoisotopic (exact) mass is 426 g/mol. The zero-order valence-electron chi connectivity index (χ0n) is 18.1. The summed E-state index contributed by atoms with van der Waals surface area (Å²) >= 11 is 0. The molecule has 0 unspecified atom stereocenters. The summed E-state index contributed by atoms with van der Waals surface area (Å²) in [5.41, 5.74) is 1.02. The largest absolute Gasteiger partial charge is 0.493 e. The van der Waals surface area contributed by atoms with Crippen LogP contribution < -0.4 is 19.5 Å². The van der Waals surface area contributed by atoms with Gasteiger partial charge in [0.05, 0.1) is 14.2 Å². The van der Waals surface area contributed by atoms with Gasteiger partial charge in [-0.15, -0.1) is 0 Å². The van der Waals surface area contributed by atoms with Crippen LogP contribution in [0.4, 0.5) is 0 Å². The molecule has 1 saturated heterocycles. The van der Waals surface area contributed by atoms with Gasteiger partial charge in [0.1, 0.15) is 5.75 Å². The fraction of sp³-hybridized carbons (Fsp3) is 0.417. The third kappa shape index (κ3) is 6.64. The Hall–Kier alpha value is -3.22. The van der Waals surface area contributed by atoms with Gasteiger partial charge in [-0.1, -0.05) is 24.3 Å². The molecule has 1 N–H and O–H groups in total. The highest BCUT2D eigenvalue weighted by atomic mass is 16.5. The van der Waals surface area contributed by atoms with Gasteiger partial charge in [0.25, 0.3) is 5.91 Å². The van der Waals surface area contributed by atoms with E-state index in [1.807, 2.05) is 48.5 Å². The molecule has 2 aromatic carbocycles. The molecule has 1 aliphatic heterocycles. The zero-order valence-corrected chi connectivity index (χ0v) is 18.1. The summed E-state index contributed by atoms with van der Waals surface area (Å²) in [6.45, 7) is 1.28. The molecule has 31 heavy (non-hydrogen) atoms. The zero-order chi connectivity index (χ0) is 22.1. The summed E-state index contributed by atoms with van der Waals surface area (Å²) in [6, 6.07) is 15.1. The lowest BCUT2D eigenvalue weighted by Gasteiger charge is -2.32. The van der Waals surface area contributed by atoms with Gasteiger partial charge in [-0.2, -0.15) is 0 Å². The average molecular weight is 427 g/mol. The van der Waals surface area contributed by atoms with E-state index < -0.39 is 0 Å². The van der Waals surface area contributed by atoms with E-state index in [0.717, 1.165) is 18.4 Å². The van der Waals surface area contributed by atoms with E-state index in [0.29, 0.717) is 43.2 Å². The summed E-state index contributed by atoms with van der Waals surface area (Å²) < 4.78 is 16.1. The number of piperidine rings is 1. The van der Waals surface area contributed by atoms with Crippen LogP contribution in [-0.4, -0.2) is 56.7 Å². The summed E-state index contributed by atoms with van der Waals surface area (Å²) in [4.78, 5) is 26.5. The van der Waals surface area contributed by atoms with Crippen molar-refractivity contribution in [2.45, 2.75) is 31.7 Å². The fourth-order valence-electron chi connectivity index (χ4n) is 3.62. The number of nitrogens with one attached hydrogen (secondary N) is 1. The maximum Gasteiger partial charge on any atom is 0.260 e. The molecule has 2 amide bonds. The molecule has 3 rings (SSSR count). The number of rotatable bonds is 9. The van der Waals surface area contributed by atoms with Gasteiger partial charge in [-0.25, -0.2) is 0 Å². The highest BCUT2D eigenvalue weighted by Crippen LogP contribution is 2.28. The van der Waals surface area contributed by atoms with Gasteiger partial charge in [0.2, 0.25) is 5.91 Å². The number of para-hydroxylation sites is 1. The number of benzene rings is 2. The van der Waals surface area contributed by atoms with E-state index in [1.54, 1.807) is 19.1 Å². The second-order valence-corrected chi connectivity index (χ2v) is 7.51. The number of methoxy groups -OCH3 is 2. The Morgan fingerprint density at radius 2 is 1.71 bits per heavy atom. The van der Waals surface area contributed by atoms with E-state index in [2.05, 4.69) is 5.32 Å². The summed E-state index contributed by atoms with van der Waals surface area (Å²) in [6.07, 6.45) is 2.53. The van der Waals surface area contributed by atoms with Crippen LogP contribution in [0.5, 0.6) is 17.2 Å². The molecule has 1 heterocycles. The first kappa shape index (κ1) is 22.5. The molecule has 0 bridgehead atoms. The summed E-state index contributed by atoms with van der Waals surface area (Å²) in [5.74, 6) is 2.02. The normalized spacial score (nSPS) is 14.1. The van der Waals surface area contributed by atoms with Gasteiger partial charge in [0.15, 0.2) is 18.1 Å². The Labute approximate surface area is 183 Å². The first-order valence-electron chi connectivity index (χ1n) is 10.5. The quantitative estimate of drug-likeness (QED) is 0.667. The summed E-state index contributed by atoms with van der Waals surface area (Å²) in [5, 5.41) is 3.09. The maximum atomic E-state index is 12.4. The predicted molar refractivity (Wildman–Crippen MR) is 118 cm³/mol. The molecule has 0 atom stereocenters. The van der Waals surface area contributed by atoms with E-state index in [1.165, 1.54) is 0 Å². The molecule has 166 valence electrons. The minimum Gasteiger partial charge on any atom is -0.493 e. The number of hydrogen-bond donors (Lipinski definition) is 1. The molecule has 1 fully saturated rings. The van der Waals surface area contributed by atoms with Crippen molar-refractivity contribution in [3.05, 3.63) is 54.1 Å². The van der Waals surface area contributed by atoms with E-state index >= 15 is 0 Å². The molecule has 2 aromatic rings. The maximum absolute atomic E-state index is 12.4. The minimum atomic E-state index is -0.0258. The molecular formula is C24H30N2O5. The second-order valence-electron chi connectivity index (χ2n) is 7.51. The van der Waals surface area contributed by atoms with Crippen molar-refractivity contribution in [2.24, 2.45) is 0 Å². The Kier molecular flexibility index (Phi) is 8.15. The standard InChI is InChI=1S/C24H30N2O5/c1-29-21-10-8-18(16-22(21)30-2)9-11-23(27)25-19-12-14-26(15-13-19)24(28)17-31-20-6-4-3-5-7-20/h3-8,10,16,19H,9,11-15,17H2,1-2H3,(H,25,27). The molecule has 0 saturated carbocycles. The Morgan fingerprint density at radius 1 is 1.00 bits per heavy atom. The van der Waals surface area contributed by atoms with Crippen LogP contribution in [0.3, 0.4) is 0 Å². The first-order valence-corrected chi connectivity index (χ1v) is 10.5. The highest BCUT2D eigenvalue weighted by Gasteiger charge is 2.24. The van der Waals surface area contributed by atoms with E-state index in [-0.39, 0.29) is 24.5 Å². The number of carbonyl (C=O) groups excluding carboxylic acids is 2. The molecule has 0 radical (unpaired) electrons. The highest BCUT2D eigenvalue weighted by molar-refractivity contribution is 5.78. The molecule has 0 aliphatic carbocycles. The van der Waals surface area contributed by atoms with Gasteiger partial charge < -0.3 is 24.4 Å². The topological polar surface area (TPSA) is 77.1 Å². The second kappa shape index (κ2) is 11.2. The van der Waals surface area contributed by atoms with Crippen molar-refractivity contribution in [3.8, 4) is 17.2 Å². The average Bonchev–Trinajstić information content (AvgIpc) is 2.82. The van der Waals surface area contributed by atoms with Crippen LogP contribution in [0.25, 0.3) is 0 Å². The van der Waals surface area contributed by atoms with E-state index in [9.17, 15) is 9.59 Å². The molecule has 7 heteroatoms. The van der Waals surface area contributed by atoms with Gasteiger partial charge in [-0.3, -0.25) is 9.59 Å². The van der Waals surface area contributed by atoms with Crippen LogP contribution in [0.2, 0.25) is 0 Å².